The Labute approximate surface area is 127 Å². The normalized spacial score (nSPS) is 10.2. The van der Waals surface area contributed by atoms with E-state index >= 15 is 0 Å². The molecule has 22 heavy (non-hydrogen) atoms. The Morgan fingerprint density at radius 2 is 1.41 bits per heavy atom. The molecule has 2 rings (SSSR count). The van der Waals surface area contributed by atoms with Crippen molar-refractivity contribution in [1.29, 1.82) is 0 Å². The van der Waals surface area contributed by atoms with Crippen molar-refractivity contribution in [2.24, 2.45) is 0 Å². The summed E-state index contributed by atoms with van der Waals surface area (Å²) in [5.41, 5.74) is 0.266. The number of esters is 2. The van der Waals surface area contributed by atoms with Crippen LogP contribution in [-0.2, 0) is 9.47 Å². The van der Waals surface area contributed by atoms with Gasteiger partial charge >= 0.3 is 11.9 Å². The van der Waals surface area contributed by atoms with Crippen LogP contribution in [0.25, 0.3) is 10.8 Å². The quantitative estimate of drug-likeness (QED) is 0.808. The molecule has 0 spiro atoms. The zero-order valence-electron chi connectivity index (χ0n) is 12.8. The topological polar surface area (TPSA) is 71.1 Å². The summed E-state index contributed by atoms with van der Waals surface area (Å²) in [7, 11) is 5.52. The summed E-state index contributed by atoms with van der Waals surface area (Å²) in [4.78, 5) is 24.0. The van der Waals surface area contributed by atoms with Gasteiger partial charge < -0.3 is 18.9 Å². The number of benzene rings is 2. The fraction of sp³-hybridized carbons (Fsp3) is 0.250. The lowest BCUT2D eigenvalue weighted by Gasteiger charge is -2.13. The molecule has 0 aliphatic carbocycles. The molecule has 0 saturated carbocycles. The first-order valence-corrected chi connectivity index (χ1v) is 6.42. The van der Waals surface area contributed by atoms with E-state index in [2.05, 4.69) is 0 Å². The second-order valence-corrected chi connectivity index (χ2v) is 4.40. The zero-order valence-corrected chi connectivity index (χ0v) is 12.8. The molecule has 0 radical (unpaired) electrons. The van der Waals surface area contributed by atoms with Crippen molar-refractivity contribution >= 4 is 22.7 Å². The minimum atomic E-state index is -0.627. The van der Waals surface area contributed by atoms with Gasteiger partial charge in [-0.05, 0) is 23.6 Å². The Bertz CT molecular complexity index is 735. The fourth-order valence-corrected chi connectivity index (χ4v) is 2.25. The van der Waals surface area contributed by atoms with E-state index in [0.29, 0.717) is 22.3 Å². The largest absolute Gasteiger partial charge is 0.493 e. The van der Waals surface area contributed by atoms with Gasteiger partial charge in [0.25, 0.3) is 0 Å². The molecular weight excluding hydrogens is 288 g/mol. The number of rotatable bonds is 4. The predicted molar refractivity (Wildman–Crippen MR) is 79.7 cm³/mol. The van der Waals surface area contributed by atoms with E-state index in [4.69, 9.17) is 18.9 Å². The van der Waals surface area contributed by atoms with Crippen molar-refractivity contribution < 1.29 is 28.5 Å². The van der Waals surface area contributed by atoms with Gasteiger partial charge in [0.1, 0.15) is 0 Å². The van der Waals surface area contributed by atoms with Crippen molar-refractivity contribution in [3.05, 3.63) is 35.4 Å². The molecular formula is C16H16O6. The van der Waals surface area contributed by atoms with Crippen molar-refractivity contribution in [2.75, 3.05) is 28.4 Å². The molecule has 6 nitrogen and oxygen atoms in total. The van der Waals surface area contributed by atoms with Crippen LogP contribution in [0, 0.1) is 0 Å². The average molecular weight is 304 g/mol. The van der Waals surface area contributed by atoms with Crippen LogP contribution in [0.5, 0.6) is 11.5 Å². The third kappa shape index (κ3) is 2.55. The zero-order chi connectivity index (χ0) is 16.3. The highest BCUT2D eigenvalue weighted by Gasteiger charge is 2.22. The maximum atomic E-state index is 12.1. The lowest BCUT2D eigenvalue weighted by atomic mass is 9.98. The van der Waals surface area contributed by atoms with E-state index in [1.165, 1.54) is 34.5 Å². The molecule has 0 aromatic heterocycles. The highest BCUT2D eigenvalue weighted by Crippen LogP contribution is 2.35. The van der Waals surface area contributed by atoms with Crippen molar-refractivity contribution in [1.82, 2.24) is 0 Å². The summed E-state index contributed by atoms with van der Waals surface area (Å²) in [6.45, 7) is 0. The number of fused-ring (bicyclic) bond motifs is 1. The summed E-state index contributed by atoms with van der Waals surface area (Å²) in [5.74, 6) is -0.269. The summed E-state index contributed by atoms with van der Waals surface area (Å²) < 4.78 is 20.0. The van der Waals surface area contributed by atoms with Crippen molar-refractivity contribution in [2.45, 2.75) is 0 Å². The van der Waals surface area contributed by atoms with Gasteiger partial charge in [-0.15, -0.1) is 0 Å². The molecule has 116 valence electrons. The minimum absolute atomic E-state index is 0.132. The standard InChI is InChI=1S/C16H16O6/c1-19-12-7-9-5-6-10(15(17)21-3)14(16(18)22-4)11(9)8-13(12)20-2/h5-8H,1-4H3. The van der Waals surface area contributed by atoms with Crippen LogP contribution >= 0.6 is 0 Å². The molecule has 0 N–H and O–H groups in total. The monoisotopic (exact) mass is 304 g/mol. The van der Waals surface area contributed by atoms with Crippen LogP contribution in [0.15, 0.2) is 24.3 Å². The Hall–Kier alpha value is -2.76. The summed E-state index contributed by atoms with van der Waals surface area (Å²) in [6.07, 6.45) is 0. The molecule has 0 aliphatic heterocycles. The van der Waals surface area contributed by atoms with Crippen LogP contribution < -0.4 is 9.47 Å². The van der Waals surface area contributed by atoms with Crippen molar-refractivity contribution in [3.8, 4) is 11.5 Å². The maximum absolute atomic E-state index is 12.1. The van der Waals surface area contributed by atoms with E-state index in [-0.39, 0.29) is 11.1 Å². The molecule has 0 saturated heterocycles. The van der Waals surface area contributed by atoms with E-state index in [1.807, 2.05) is 0 Å². The Balaban J connectivity index is 2.85. The van der Waals surface area contributed by atoms with Crippen LogP contribution in [0.1, 0.15) is 20.7 Å². The fourth-order valence-electron chi connectivity index (χ4n) is 2.25. The smallest absolute Gasteiger partial charge is 0.339 e. The minimum Gasteiger partial charge on any atom is -0.493 e. The van der Waals surface area contributed by atoms with Gasteiger partial charge in [-0.3, -0.25) is 0 Å². The maximum Gasteiger partial charge on any atom is 0.339 e. The molecule has 0 atom stereocenters. The third-order valence-corrected chi connectivity index (χ3v) is 3.32. The van der Waals surface area contributed by atoms with Gasteiger partial charge in [0, 0.05) is 5.39 Å². The van der Waals surface area contributed by atoms with Gasteiger partial charge in [-0.2, -0.15) is 0 Å². The summed E-state index contributed by atoms with van der Waals surface area (Å²) >= 11 is 0. The van der Waals surface area contributed by atoms with E-state index in [9.17, 15) is 9.59 Å². The Kier molecular flexibility index (Phi) is 4.50. The van der Waals surface area contributed by atoms with Crippen LogP contribution in [0.3, 0.4) is 0 Å². The molecule has 2 aromatic carbocycles. The van der Waals surface area contributed by atoms with Gasteiger partial charge in [-0.1, -0.05) is 6.07 Å². The van der Waals surface area contributed by atoms with Crippen LogP contribution in [-0.4, -0.2) is 40.4 Å². The second kappa shape index (κ2) is 6.34. The average Bonchev–Trinajstić information content (AvgIpc) is 2.57. The molecule has 2 aromatic rings. The second-order valence-electron chi connectivity index (χ2n) is 4.40. The lowest BCUT2D eigenvalue weighted by Crippen LogP contribution is -2.12. The first kappa shape index (κ1) is 15.6. The van der Waals surface area contributed by atoms with Crippen LogP contribution in [0.4, 0.5) is 0 Å². The highest BCUT2D eigenvalue weighted by molar-refractivity contribution is 6.13. The molecule has 0 heterocycles. The number of hydrogen-bond donors (Lipinski definition) is 0. The van der Waals surface area contributed by atoms with Gasteiger partial charge in [0.2, 0.25) is 0 Å². The number of ether oxygens (including phenoxy) is 4. The Morgan fingerprint density at radius 3 is 1.95 bits per heavy atom. The predicted octanol–water partition coefficient (Wildman–Crippen LogP) is 2.43. The molecule has 0 amide bonds. The molecule has 0 fully saturated rings. The number of carbonyl (C=O) groups excluding carboxylic acids is 2. The van der Waals surface area contributed by atoms with E-state index in [1.54, 1.807) is 18.2 Å². The molecule has 0 unspecified atom stereocenters. The lowest BCUT2D eigenvalue weighted by molar-refractivity contribution is 0.0557. The first-order valence-electron chi connectivity index (χ1n) is 6.42. The van der Waals surface area contributed by atoms with Crippen molar-refractivity contribution in [3.63, 3.8) is 0 Å². The summed E-state index contributed by atoms with van der Waals surface area (Å²) in [5, 5.41) is 1.23. The SMILES string of the molecule is COC(=O)c1ccc2cc(OC)c(OC)cc2c1C(=O)OC. The number of hydrogen-bond acceptors (Lipinski definition) is 6. The molecule has 6 heteroatoms. The highest BCUT2D eigenvalue weighted by atomic mass is 16.5. The molecule has 0 bridgehead atoms. The Morgan fingerprint density at radius 1 is 0.818 bits per heavy atom. The first-order chi connectivity index (χ1) is 10.6. The third-order valence-electron chi connectivity index (χ3n) is 3.32. The van der Waals surface area contributed by atoms with Gasteiger partial charge in [-0.25, -0.2) is 9.59 Å². The van der Waals surface area contributed by atoms with Gasteiger partial charge in [0.05, 0.1) is 39.6 Å². The summed E-state index contributed by atoms with van der Waals surface area (Å²) in [6, 6.07) is 6.58. The van der Waals surface area contributed by atoms with E-state index < -0.39 is 11.9 Å². The number of methoxy groups -OCH3 is 4. The molecule has 0 aliphatic rings. The number of carbonyl (C=O) groups is 2. The van der Waals surface area contributed by atoms with Crippen LogP contribution in [0.2, 0.25) is 0 Å². The van der Waals surface area contributed by atoms with E-state index in [0.717, 1.165) is 0 Å². The van der Waals surface area contributed by atoms with Gasteiger partial charge in [0.15, 0.2) is 11.5 Å².